The van der Waals surface area contributed by atoms with E-state index in [1.54, 1.807) is 0 Å². The van der Waals surface area contributed by atoms with Crippen LogP contribution in [-0.2, 0) is 0 Å². The van der Waals surface area contributed by atoms with Gasteiger partial charge in [0.2, 0.25) is 0 Å². The van der Waals surface area contributed by atoms with Crippen molar-refractivity contribution >= 4 is 12.4 Å². The van der Waals surface area contributed by atoms with Gasteiger partial charge in [0.1, 0.15) is 5.67 Å². The number of halogens is 2. The monoisotopic (exact) mass is 155 g/mol. The Morgan fingerprint density at radius 3 is 2.56 bits per heavy atom. The lowest BCUT2D eigenvalue weighted by Gasteiger charge is -2.12. The van der Waals surface area contributed by atoms with Crippen LogP contribution in [0.5, 0.6) is 0 Å². The van der Waals surface area contributed by atoms with Gasteiger partial charge in [0, 0.05) is 6.54 Å². The van der Waals surface area contributed by atoms with E-state index in [9.17, 15) is 4.39 Å². The minimum Gasteiger partial charge on any atom is -0.393 e. The van der Waals surface area contributed by atoms with Crippen LogP contribution in [-0.4, -0.2) is 30.5 Å². The van der Waals surface area contributed by atoms with Gasteiger partial charge in [-0.25, -0.2) is 4.39 Å². The highest BCUT2D eigenvalue weighted by Crippen LogP contribution is 2.17. The molecule has 1 unspecified atom stereocenters. The Hall–Kier alpha value is 0.140. The number of rotatable bonds is 1. The molecule has 1 aliphatic heterocycles. The molecule has 0 aromatic carbocycles. The second-order valence-corrected chi connectivity index (χ2v) is 2.24. The maximum atomic E-state index is 12.7. The molecule has 0 radical (unpaired) electrons. The fourth-order valence-corrected chi connectivity index (χ4v) is 0.848. The Labute approximate surface area is 59.9 Å². The molecule has 56 valence electrons. The number of aliphatic hydroxyl groups excluding tert-OH is 1. The fourth-order valence-electron chi connectivity index (χ4n) is 0.848. The third-order valence-electron chi connectivity index (χ3n) is 1.48. The third-order valence-corrected chi connectivity index (χ3v) is 1.48. The topological polar surface area (TPSA) is 32.3 Å². The normalized spacial score (nSPS) is 34.0. The van der Waals surface area contributed by atoms with Crippen molar-refractivity contribution in [1.29, 1.82) is 0 Å². The van der Waals surface area contributed by atoms with Crippen LogP contribution in [0.25, 0.3) is 0 Å². The summed E-state index contributed by atoms with van der Waals surface area (Å²) in [5.74, 6) is 0. The molecule has 0 spiro atoms. The molecule has 0 amide bonds. The number of hydrogen-bond donors (Lipinski definition) is 2. The van der Waals surface area contributed by atoms with Crippen LogP contribution in [0.1, 0.15) is 6.42 Å². The molecule has 0 bridgehead atoms. The second-order valence-electron chi connectivity index (χ2n) is 2.24. The summed E-state index contributed by atoms with van der Waals surface area (Å²) in [5, 5.41) is 11.2. The summed E-state index contributed by atoms with van der Waals surface area (Å²) in [6.07, 6.45) is 0.448. The van der Waals surface area contributed by atoms with Crippen LogP contribution in [0.2, 0.25) is 0 Å². The molecule has 1 rings (SSSR count). The van der Waals surface area contributed by atoms with Gasteiger partial charge in [0.25, 0.3) is 0 Å². The maximum absolute atomic E-state index is 12.7. The van der Waals surface area contributed by atoms with E-state index in [4.69, 9.17) is 5.11 Å². The van der Waals surface area contributed by atoms with Gasteiger partial charge in [-0.1, -0.05) is 0 Å². The molecule has 4 heteroatoms. The Morgan fingerprint density at radius 1 is 1.67 bits per heavy atom. The number of aliphatic hydroxyl groups is 1. The van der Waals surface area contributed by atoms with Crippen LogP contribution < -0.4 is 5.32 Å². The molecule has 0 aliphatic carbocycles. The number of nitrogens with one attached hydrogen (secondary N) is 1. The lowest BCUT2D eigenvalue weighted by atomic mass is 10.1. The van der Waals surface area contributed by atoms with Crippen LogP contribution in [0.3, 0.4) is 0 Å². The van der Waals surface area contributed by atoms with Crippen molar-refractivity contribution in [2.24, 2.45) is 0 Å². The Kier molecular flexibility index (Phi) is 3.40. The lowest BCUT2D eigenvalue weighted by Crippen LogP contribution is -2.29. The number of hydrogen-bond acceptors (Lipinski definition) is 2. The first-order valence-corrected chi connectivity index (χ1v) is 2.77. The highest BCUT2D eigenvalue weighted by molar-refractivity contribution is 5.85. The van der Waals surface area contributed by atoms with Gasteiger partial charge in [-0.3, -0.25) is 0 Å². The third kappa shape index (κ3) is 2.08. The van der Waals surface area contributed by atoms with Crippen molar-refractivity contribution in [2.45, 2.75) is 12.1 Å². The van der Waals surface area contributed by atoms with Gasteiger partial charge in [-0.15, -0.1) is 12.4 Å². The molecule has 1 saturated heterocycles. The molecule has 0 aromatic heterocycles. The zero-order chi connectivity index (χ0) is 6.04. The fraction of sp³-hybridized carbons (Fsp3) is 1.00. The Balaban J connectivity index is 0.000000640. The molecule has 1 aliphatic rings. The SMILES string of the molecule is Cl.OCC1(F)CCNC1. The highest BCUT2D eigenvalue weighted by atomic mass is 35.5. The Morgan fingerprint density at radius 2 is 2.33 bits per heavy atom. The second kappa shape index (κ2) is 3.34. The summed E-state index contributed by atoms with van der Waals surface area (Å²) in [7, 11) is 0. The standard InChI is InChI=1S/C5H10FNO.ClH/c6-5(4-8)1-2-7-3-5;/h7-8H,1-4H2;1H. The van der Waals surface area contributed by atoms with E-state index < -0.39 is 5.67 Å². The molecule has 0 aromatic rings. The molecular formula is C5H11ClFNO. The van der Waals surface area contributed by atoms with E-state index in [0.717, 1.165) is 0 Å². The van der Waals surface area contributed by atoms with E-state index in [1.165, 1.54) is 0 Å². The first kappa shape index (κ1) is 9.14. The van der Waals surface area contributed by atoms with E-state index in [1.807, 2.05) is 0 Å². The quantitative estimate of drug-likeness (QED) is 0.563. The minimum absolute atomic E-state index is 0. The van der Waals surface area contributed by atoms with Crippen molar-refractivity contribution in [3.63, 3.8) is 0 Å². The van der Waals surface area contributed by atoms with Gasteiger partial charge in [-0.05, 0) is 13.0 Å². The summed E-state index contributed by atoms with van der Waals surface area (Å²) in [5.41, 5.74) is -1.32. The van der Waals surface area contributed by atoms with Gasteiger partial charge in [0.05, 0.1) is 6.61 Å². The molecule has 1 atom stereocenters. The number of alkyl halides is 1. The summed E-state index contributed by atoms with van der Waals surface area (Å²) in [6.45, 7) is 0.653. The summed E-state index contributed by atoms with van der Waals surface area (Å²) in [4.78, 5) is 0. The molecule has 0 saturated carbocycles. The van der Waals surface area contributed by atoms with Crippen molar-refractivity contribution in [3.8, 4) is 0 Å². The zero-order valence-electron chi connectivity index (χ0n) is 5.06. The van der Waals surface area contributed by atoms with Crippen LogP contribution in [0.15, 0.2) is 0 Å². The lowest BCUT2D eigenvalue weighted by molar-refractivity contribution is 0.0894. The predicted octanol–water partition coefficient (Wildman–Crippen LogP) is 0.102. The van der Waals surface area contributed by atoms with Crippen molar-refractivity contribution in [2.75, 3.05) is 19.7 Å². The van der Waals surface area contributed by atoms with E-state index in [-0.39, 0.29) is 19.0 Å². The van der Waals surface area contributed by atoms with E-state index in [0.29, 0.717) is 19.5 Å². The predicted molar refractivity (Wildman–Crippen MR) is 35.7 cm³/mol. The molecule has 2 nitrogen and oxygen atoms in total. The smallest absolute Gasteiger partial charge is 0.147 e. The molecular weight excluding hydrogens is 145 g/mol. The van der Waals surface area contributed by atoms with Gasteiger partial charge in [0.15, 0.2) is 0 Å². The molecule has 1 fully saturated rings. The van der Waals surface area contributed by atoms with Gasteiger partial charge < -0.3 is 10.4 Å². The molecule has 1 heterocycles. The Bertz CT molecular complexity index is 85.0. The van der Waals surface area contributed by atoms with Crippen LogP contribution >= 0.6 is 12.4 Å². The first-order chi connectivity index (χ1) is 3.77. The van der Waals surface area contributed by atoms with Gasteiger partial charge >= 0.3 is 0 Å². The van der Waals surface area contributed by atoms with Crippen molar-refractivity contribution in [1.82, 2.24) is 5.32 Å². The van der Waals surface area contributed by atoms with Crippen molar-refractivity contribution in [3.05, 3.63) is 0 Å². The van der Waals surface area contributed by atoms with E-state index >= 15 is 0 Å². The molecule has 2 N–H and O–H groups in total. The molecule has 9 heavy (non-hydrogen) atoms. The van der Waals surface area contributed by atoms with E-state index in [2.05, 4.69) is 5.32 Å². The average molecular weight is 156 g/mol. The van der Waals surface area contributed by atoms with Crippen LogP contribution in [0, 0.1) is 0 Å². The van der Waals surface area contributed by atoms with Gasteiger partial charge in [-0.2, -0.15) is 0 Å². The summed E-state index contributed by atoms with van der Waals surface area (Å²) in [6, 6.07) is 0. The summed E-state index contributed by atoms with van der Waals surface area (Å²) >= 11 is 0. The highest BCUT2D eigenvalue weighted by Gasteiger charge is 2.32. The maximum Gasteiger partial charge on any atom is 0.147 e. The first-order valence-electron chi connectivity index (χ1n) is 2.77. The summed E-state index contributed by atoms with van der Waals surface area (Å²) < 4.78 is 12.7. The largest absolute Gasteiger partial charge is 0.393 e. The van der Waals surface area contributed by atoms with Crippen molar-refractivity contribution < 1.29 is 9.50 Å². The van der Waals surface area contributed by atoms with Crippen LogP contribution in [0.4, 0.5) is 4.39 Å². The minimum atomic E-state index is -1.32. The zero-order valence-corrected chi connectivity index (χ0v) is 5.88. The average Bonchev–Trinajstić information content (AvgIpc) is 2.17.